The highest BCUT2D eigenvalue weighted by atomic mass is 32.1. The van der Waals surface area contributed by atoms with Crippen molar-refractivity contribution < 1.29 is 4.42 Å². The molecule has 0 unspecified atom stereocenters. The summed E-state index contributed by atoms with van der Waals surface area (Å²) in [7, 11) is 0. The number of thiophene rings is 1. The number of nitrogens with one attached hydrogen (secondary N) is 1. The van der Waals surface area contributed by atoms with Crippen molar-refractivity contribution in [2.45, 2.75) is 0 Å². The molecule has 10 aromatic rings. The van der Waals surface area contributed by atoms with Crippen molar-refractivity contribution in [1.29, 1.82) is 0 Å². The predicted octanol–water partition coefficient (Wildman–Crippen LogP) is 14.4. The smallest absolute Gasteiger partial charge is 0.137 e. The van der Waals surface area contributed by atoms with Crippen LogP contribution in [0, 0.1) is 0 Å². The van der Waals surface area contributed by atoms with Crippen LogP contribution in [-0.4, -0.2) is 0 Å². The molecule has 0 amide bonds. The SMILES string of the molecule is c1ccc(-c2cccc(-c3cccc(-c4cccc5oc6cccc(Nc7ccc(-c8cccc9c8sc8ccccc89)cc7)c6c45)c3)c2)cc1. The summed E-state index contributed by atoms with van der Waals surface area (Å²) in [5.41, 5.74) is 13.4. The molecule has 0 saturated heterocycles. The maximum atomic E-state index is 6.48. The van der Waals surface area contributed by atoms with Crippen LogP contribution in [0.15, 0.2) is 186 Å². The zero-order chi connectivity index (χ0) is 33.7. The van der Waals surface area contributed by atoms with Crippen LogP contribution in [0.2, 0.25) is 0 Å². The third kappa shape index (κ3) is 5.18. The quantitative estimate of drug-likeness (QED) is 0.191. The van der Waals surface area contributed by atoms with E-state index in [1.54, 1.807) is 0 Å². The van der Waals surface area contributed by atoms with Crippen molar-refractivity contribution >= 4 is 64.8 Å². The van der Waals surface area contributed by atoms with Gasteiger partial charge < -0.3 is 9.73 Å². The van der Waals surface area contributed by atoms with Gasteiger partial charge in [0.25, 0.3) is 0 Å². The summed E-state index contributed by atoms with van der Waals surface area (Å²) in [5, 5.41) is 8.57. The molecule has 0 saturated carbocycles. The van der Waals surface area contributed by atoms with E-state index < -0.39 is 0 Å². The van der Waals surface area contributed by atoms with Crippen LogP contribution >= 0.6 is 11.3 Å². The van der Waals surface area contributed by atoms with E-state index in [1.165, 1.54) is 53.6 Å². The van der Waals surface area contributed by atoms with Gasteiger partial charge in [-0.25, -0.2) is 0 Å². The fourth-order valence-electron chi connectivity index (χ4n) is 7.45. The summed E-state index contributed by atoms with van der Waals surface area (Å²) in [6.45, 7) is 0. The zero-order valence-electron chi connectivity index (χ0n) is 27.6. The number of furan rings is 1. The molecule has 0 bridgehead atoms. The second-order valence-electron chi connectivity index (χ2n) is 13.0. The molecule has 10 rings (SSSR count). The molecular weight excluding hydrogens is 639 g/mol. The van der Waals surface area contributed by atoms with Crippen molar-refractivity contribution in [3.8, 4) is 44.5 Å². The summed E-state index contributed by atoms with van der Waals surface area (Å²) in [6, 6.07) is 64.9. The maximum Gasteiger partial charge on any atom is 0.137 e. The normalized spacial score (nSPS) is 11.5. The van der Waals surface area contributed by atoms with Gasteiger partial charge >= 0.3 is 0 Å². The Bertz CT molecular complexity index is 2880. The van der Waals surface area contributed by atoms with Crippen molar-refractivity contribution in [1.82, 2.24) is 0 Å². The molecule has 1 N–H and O–H groups in total. The van der Waals surface area contributed by atoms with Crippen LogP contribution in [0.25, 0.3) is 86.6 Å². The average molecular weight is 670 g/mol. The Labute approximate surface area is 299 Å². The highest BCUT2D eigenvalue weighted by molar-refractivity contribution is 7.26. The Morgan fingerprint density at radius 2 is 0.980 bits per heavy atom. The molecule has 240 valence electrons. The minimum absolute atomic E-state index is 0.863. The number of rotatable bonds is 6. The van der Waals surface area contributed by atoms with Gasteiger partial charge in [0.15, 0.2) is 0 Å². The molecule has 0 fully saturated rings. The van der Waals surface area contributed by atoms with Crippen LogP contribution in [0.5, 0.6) is 0 Å². The zero-order valence-corrected chi connectivity index (χ0v) is 28.5. The average Bonchev–Trinajstić information content (AvgIpc) is 3.78. The van der Waals surface area contributed by atoms with E-state index in [0.29, 0.717) is 0 Å². The number of fused-ring (bicyclic) bond motifs is 6. The van der Waals surface area contributed by atoms with E-state index in [2.05, 4.69) is 187 Å². The number of anilines is 2. The van der Waals surface area contributed by atoms with E-state index in [-0.39, 0.29) is 0 Å². The van der Waals surface area contributed by atoms with Gasteiger partial charge in [0.1, 0.15) is 11.2 Å². The third-order valence-electron chi connectivity index (χ3n) is 9.88. The van der Waals surface area contributed by atoms with E-state index in [0.717, 1.165) is 44.4 Å². The lowest BCUT2D eigenvalue weighted by atomic mass is 9.94. The summed E-state index contributed by atoms with van der Waals surface area (Å²) < 4.78 is 9.13. The van der Waals surface area contributed by atoms with Crippen LogP contribution in [0.1, 0.15) is 0 Å². The molecule has 0 aliphatic rings. The lowest BCUT2D eigenvalue weighted by molar-refractivity contribution is 0.669. The largest absolute Gasteiger partial charge is 0.456 e. The molecule has 2 aromatic heterocycles. The molecule has 0 aliphatic carbocycles. The molecule has 0 radical (unpaired) electrons. The van der Waals surface area contributed by atoms with Crippen LogP contribution in [-0.2, 0) is 0 Å². The lowest BCUT2D eigenvalue weighted by Gasteiger charge is -2.12. The van der Waals surface area contributed by atoms with Gasteiger partial charge in [-0.3, -0.25) is 0 Å². The second kappa shape index (κ2) is 12.2. The van der Waals surface area contributed by atoms with Crippen LogP contribution < -0.4 is 5.32 Å². The van der Waals surface area contributed by atoms with Gasteiger partial charge in [-0.05, 0) is 93.0 Å². The van der Waals surface area contributed by atoms with Crippen LogP contribution in [0.4, 0.5) is 11.4 Å². The first-order chi connectivity index (χ1) is 25.3. The van der Waals surface area contributed by atoms with Gasteiger partial charge in [0.2, 0.25) is 0 Å². The van der Waals surface area contributed by atoms with Crippen molar-refractivity contribution in [3.63, 3.8) is 0 Å². The molecule has 0 atom stereocenters. The first-order valence-corrected chi connectivity index (χ1v) is 18.1. The number of benzene rings is 8. The maximum absolute atomic E-state index is 6.48. The Morgan fingerprint density at radius 3 is 1.80 bits per heavy atom. The number of hydrogen-bond acceptors (Lipinski definition) is 3. The minimum Gasteiger partial charge on any atom is -0.456 e. The van der Waals surface area contributed by atoms with E-state index >= 15 is 0 Å². The summed E-state index contributed by atoms with van der Waals surface area (Å²) in [5.74, 6) is 0. The molecule has 51 heavy (non-hydrogen) atoms. The fraction of sp³-hybridized carbons (Fsp3) is 0. The topological polar surface area (TPSA) is 25.2 Å². The molecule has 8 aromatic carbocycles. The standard InChI is InChI=1S/C48H31NOS/c1-2-11-31(12-3-1)33-13-6-14-34(29-33)35-15-7-16-36(30-35)38-18-9-22-43-46(38)47-42(21-10-23-44(47)50-43)49-37-27-25-32(26-28-37)39-19-8-20-41-40-17-4-5-24-45(40)51-48(39)41/h1-30,49H. The molecule has 2 nitrogen and oxygen atoms in total. The van der Waals surface area contributed by atoms with Gasteiger partial charge in [-0.1, -0.05) is 133 Å². The first-order valence-electron chi connectivity index (χ1n) is 17.3. The fourth-order valence-corrected chi connectivity index (χ4v) is 8.69. The minimum atomic E-state index is 0.863. The van der Waals surface area contributed by atoms with Crippen molar-refractivity contribution in [2.24, 2.45) is 0 Å². The van der Waals surface area contributed by atoms with E-state index in [1.807, 2.05) is 11.3 Å². The van der Waals surface area contributed by atoms with Gasteiger partial charge in [-0.15, -0.1) is 11.3 Å². The Balaban J connectivity index is 1.02. The number of hydrogen-bond donors (Lipinski definition) is 1. The highest BCUT2D eigenvalue weighted by Gasteiger charge is 2.17. The van der Waals surface area contributed by atoms with Crippen molar-refractivity contribution in [2.75, 3.05) is 5.32 Å². The van der Waals surface area contributed by atoms with E-state index in [4.69, 9.17) is 4.42 Å². The molecule has 0 spiro atoms. The van der Waals surface area contributed by atoms with E-state index in [9.17, 15) is 0 Å². The highest BCUT2D eigenvalue weighted by Crippen LogP contribution is 2.43. The molecule has 2 heterocycles. The van der Waals surface area contributed by atoms with Crippen molar-refractivity contribution in [3.05, 3.63) is 182 Å². The monoisotopic (exact) mass is 669 g/mol. The van der Waals surface area contributed by atoms with Gasteiger partial charge in [0, 0.05) is 31.2 Å². The van der Waals surface area contributed by atoms with Gasteiger partial charge in [-0.2, -0.15) is 0 Å². The summed E-state index contributed by atoms with van der Waals surface area (Å²) in [4.78, 5) is 0. The molecule has 3 heteroatoms. The Hall–Kier alpha value is -6.42. The third-order valence-corrected chi connectivity index (χ3v) is 11.1. The summed E-state index contributed by atoms with van der Waals surface area (Å²) >= 11 is 1.87. The first kappa shape index (κ1) is 29.5. The summed E-state index contributed by atoms with van der Waals surface area (Å²) in [6.07, 6.45) is 0. The molecule has 0 aliphatic heterocycles. The lowest BCUT2D eigenvalue weighted by Crippen LogP contribution is -1.91. The van der Waals surface area contributed by atoms with Crippen LogP contribution in [0.3, 0.4) is 0 Å². The van der Waals surface area contributed by atoms with Gasteiger partial charge in [0.05, 0.1) is 11.1 Å². The Morgan fingerprint density at radius 1 is 0.392 bits per heavy atom. The molecular formula is C48H31NOS. The Kier molecular flexibility index (Phi) is 7.04. The predicted molar refractivity (Wildman–Crippen MR) is 218 cm³/mol. The second-order valence-corrected chi connectivity index (χ2v) is 14.0.